The summed E-state index contributed by atoms with van der Waals surface area (Å²) in [5, 5.41) is 0. The molecule has 7 aromatic carbocycles. The van der Waals surface area contributed by atoms with Gasteiger partial charge in [0.15, 0.2) is 23.0 Å². The molecule has 0 N–H and O–H groups in total. The summed E-state index contributed by atoms with van der Waals surface area (Å²) in [6.45, 7) is 6.47. The van der Waals surface area contributed by atoms with E-state index in [0.717, 1.165) is 50.8 Å². The molecule has 6 heteroatoms. The van der Waals surface area contributed by atoms with E-state index in [-0.39, 0.29) is 11.6 Å². The molecular weight excluding hydrogens is 651 g/mol. The van der Waals surface area contributed by atoms with E-state index in [1.54, 1.807) is 24.3 Å². The molecule has 0 bridgehead atoms. The fourth-order valence-corrected chi connectivity index (χ4v) is 7.56. The Morgan fingerprint density at radius 3 is 1.08 bits per heavy atom. The maximum atomic E-state index is 15.4. The zero-order valence-corrected chi connectivity index (χ0v) is 28.9. The molecule has 0 atom stereocenters. The van der Waals surface area contributed by atoms with Crippen LogP contribution in [0, 0.1) is 11.6 Å². The summed E-state index contributed by atoms with van der Waals surface area (Å²) in [5.74, 6) is 2.09. The van der Waals surface area contributed by atoms with Crippen molar-refractivity contribution >= 4 is 34.1 Å². The van der Waals surface area contributed by atoms with Crippen LogP contribution in [-0.2, 0) is 5.41 Å². The second-order valence-corrected chi connectivity index (χ2v) is 14.1. The van der Waals surface area contributed by atoms with E-state index in [1.165, 1.54) is 12.1 Å². The molecule has 0 saturated carbocycles. The largest absolute Gasteiger partial charge is 0.453 e. The van der Waals surface area contributed by atoms with Crippen LogP contribution >= 0.6 is 0 Å². The van der Waals surface area contributed by atoms with Crippen LogP contribution in [0.3, 0.4) is 0 Å². The third-order valence-corrected chi connectivity index (χ3v) is 9.61. The molecule has 7 aromatic rings. The number of hydrogen-bond acceptors (Lipinski definition) is 4. The minimum Gasteiger partial charge on any atom is -0.453 e. The van der Waals surface area contributed by atoms with Crippen molar-refractivity contribution in [2.75, 3.05) is 9.80 Å². The molecule has 0 aliphatic carbocycles. The predicted molar refractivity (Wildman–Crippen MR) is 205 cm³/mol. The first kappa shape index (κ1) is 31.6. The van der Waals surface area contributed by atoms with Gasteiger partial charge in [-0.05, 0) is 101 Å². The number of hydrogen-bond donors (Lipinski definition) is 0. The lowest BCUT2D eigenvalue weighted by Crippen LogP contribution is -2.24. The first-order valence-electron chi connectivity index (χ1n) is 17.3. The molecule has 0 unspecified atom stereocenters. The van der Waals surface area contributed by atoms with Crippen LogP contribution in [-0.4, -0.2) is 0 Å². The van der Waals surface area contributed by atoms with Gasteiger partial charge in [-0.2, -0.15) is 0 Å². The van der Waals surface area contributed by atoms with Gasteiger partial charge in [-0.3, -0.25) is 0 Å². The SMILES string of the molecule is CC(C)(C)c1c(-c2cccc(F)c2)c(N2c3ccccc3Oc3ccccc32)cc(N2c3ccccc3Oc3ccccc32)c1-c1cccc(F)c1. The first-order chi connectivity index (χ1) is 25.3. The molecule has 0 radical (unpaired) electrons. The van der Waals surface area contributed by atoms with Crippen molar-refractivity contribution in [1.82, 2.24) is 0 Å². The topological polar surface area (TPSA) is 24.9 Å². The van der Waals surface area contributed by atoms with Gasteiger partial charge in [-0.15, -0.1) is 0 Å². The molecule has 0 saturated heterocycles. The lowest BCUT2D eigenvalue weighted by Gasteiger charge is -2.40. The van der Waals surface area contributed by atoms with Crippen LogP contribution in [0.25, 0.3) is 22.3 Å². The normalized spacial score (nSPS) is 12.9. The van der Waals surface area contributed by atoms with Crippen LogP contribution < -0.4 is 19.3 Å². The van der Waals surface area contributed by atoms with Gasteiger partial charge in [0, 0.05) is 11.1 Å². The summed E-state index contributed by atoms with van der Waals surface area (Å²) in [6.07, 6.45) is 0. The molecule has 0 aromatic heterocycles. The molecule has 254 valence electrons. The van der Waals surface area contributed by atoms with Crippen LogP contribution in [0.2, 0.25) is 0 Å². The van der Waals surface area contributed by atoms with E-state index in [1.807, 2.05) is 109 Å². The molecule has 4 nitrogen and oxygen atoms in total. The molecule has 0 fully saturated rings. The Bertz CT molecular complexity index is 2270. The molecular formula is C46H34F2N2O2. The Morgan fingerprint density at radius 1 is 0.404 bits per heavy atom. The molecule has 2 aliphatic rings. The number of para-hydroxylation sites is 8. The quantitative estimate of drug-likeness (QED) is 0.184. The number of nitrogens with zero attached hydrogens (tertiary/aromatic N) is 2. The number of anilines is 6. The van der Waals surface area contributed by atoms with Gasteiger partial charge in [-0.25, -0.2) is 8.78 Å². The summed E-state index contributed by atoms with van der Waals surface area (Å²) < 4.78 is 43.7. The van der Waals surface area contributed by atoms with Crippen molar-refractivity contribution in [3.05, 3.63) is 169 Å². The maximum absolute atomic E-state index is 15.4. The van der Waals surface area contributed by atoms with E-state index in [4.69, 9.17) is 9.47 Å². The molecule has 0 amide bonds. The maximum Gasteiger partial charge on any atom is 0.151 e. The highest BCUT2D eigenvalue weighted by Gasteiger charge is 2.37. The van der Waals surface area contributed by atoms with Crippen LogP contribution in [0.4, 0.5) is 42.9 Å². The number of fused-ring (bicyclic) bond motifs is 4. The highest BCUT2D eigenvalue weighted by molar-refractivity contribution is 6.04. The minimum atomic E-state index is -0.537. The van der Waals surface area contributed by atoms with E-state index in [0.29, 0.717) is 34.1 Å². The van der Waals surface area contributed by atoms with Gasteiger partial charge in [0.25, 0.3) is 0 Å². The number of ether oxygens (including phenoxy) is 2. The van der Waals surface area contributed by atoms with Crippen LogP contribution in [0.5, 0.6) is 23.0 Å². The first-order valence-corrected chi connectivity index (χ1v) is 17.3. The average Bonchev–Trinajstić information content (AvgIpc) is 3.15. The number of benzene rings is 7. The van der Waals surface area contributed by atoms with Gasteiger partial charge in [0.1, 0.15) is 11.6 Å². The summed E-state index contributed by atoms with van der Waals surface area (Å²) in [4.78, 5) is 4.42. The second kappa shape index (κ2) is 12.1. The number of rotatable bonds is 4. The highest BCUT2D eigenvalue weighted by Crippen LogP contribution is 2.60. The zero-order chi connectivity index (χ0) is 35.6. The average molecular weight is 685 g/mol. The minimum absolute atomic E-state index is 0.349. The van der Waals surface area contributed by atoms with E-state index in [9.17, 15) is 0 Å². The van der Waals surface area contributed by atoms with E-state index in [2.05, 4.69) is 36.6 Å². The zero-order valence-electron chi connectivity index (χ0n) is 28.9. The van der Waals surface area contributed by atoms with E-state index >= 15 is 8.78 Å². The number of halogens is 2. The third kappa shape index (κ3) is 5.18. The highest BCUT2D eigenvalue weighted by atomic mass is 19.1. The van der Waals surface area contributed by atoms with Crippen LogP contribution in [0.1, 0.15) is 26.3 Å². The lowest BCUT2D eigenvalue weighted by atomic mass is 9.75. The van der Waals surface area contributed by atoms with E-state index < -0.39 is 5.41 Å². The van der Waals surface area contributed by atoms with Gasteiger partial charge in [-0.1, -0.05) is 93.6 Å². The van der Waals surface area contributed by atoms with Gasteiger partial charge in [0.05, 0.1) is 34.1 Å². The van der Waals surface area contributed by atoms with Gasteiger partial charge < -0.3 is 19.3 Å². The Labute approximate surface area is 301 Å². The lowest BCUT2D eigenvalue weighted by molar-refractivity contribution is 0.477. The van der Waals surface area contributed by atoms with Crippen LogP contribution in [0.15, 0.2) is 152 Å². The second-order valence-electron chi connectivity index (χ2n) is 14.1. The fourth-order valence-electron chi connectivity index (χ4n) is 7.56. The Kier molecular flexibility index (Phi) is 7.37. The van der Waals surface area contributed by atoms with Crippen molar-refractivity contribution in [2.24, 2.45) is 0 Å². The summed E-state index contributed by atoms with van der Waals surface area (Å²) in [6, 6.07) is 47.4. The Hall–Kier alpha value is -6.40. The molecule has 52 heavy (non-hydrogen) atoms. The molecule has 9 rings (SSSR count). The Balaban J connectivity index is 1.50. The molecule has 2 aliphatic heterocycles. The standard InChI is InChI=1S/C46H34F2N2O2/c1-46(2,3)45-43(29-14-12-16-31(47)26-29)37(49-33-18-4-8-22-39(33)51-40-23-9-5-19-34(40)49)28-38(44(45)30-15-13-17-32(48)27-30)50-35-20-6-10-24-41(35)52-42-25-11-7-21-36(42)50/h4-28H,1-3H3. The van der Waals surface area contributed by atoms with Crippen molar-refractivity contribution in [3.63, 3.8) is 0 Å². The summed E-state index contributed by atoms with van der Waals surface area (Å²) >= 11 is 0. The molecule has 2 heterocycles. The summed E-state index contributed by atoms with van der Waals surface area (Å²) in [7, 11) is 0. The van der Waals surface area contributed by atoms with Crippen molar-refractivity contribution < 1.29 is 18.3 Å². The fraction of sp³-hybridized carbons (Fsp3) is 0.0870. The van der Waals surface area contributed by atoms with Crippen molar-refractivity contribution in [1.29, 1.82) is 0 Å². The van der Waals surface area contributed by atoms with Gasteiger partial charge >= 0.3 is 0 Å². The van der Waals surface area contributed by atoms with Crippen molar-refractivity contribution in [2.45, 2.75) is 26.2 Å². The van der Waals surface area contributed by atoms with Gasteiger partial charge in [0.2, 0.25) is 0 Å². The summed E-state index contributed by atoms with van der Waals surface area (Å²) in [5.41, 5.74) is 8.44. The monoisotopic (exact) mass is 684 g/mol. The predicted octanol–water partition coefficient (Wildman–Crippen LogP) is 13.7. The third-order valence-electron chi connectivity index (χ3n) is 9.61. The smallest absolute Gasteiger partial charge is 0.151 e. The Morgan fingerprint density at radius 2 is 0.750 bits per heavy atom. The molecule has 0 spiro atoms. The van der Waals surface area contributed by atoms with Crippen molar-refractivity contribution in [3.8, 4) is 45.3 Å².